The second kappa shape index (κ2) is 7.38. The molecule has 8 nitrogen and oxygen atoms in total. The van der Waals surface area contributed by atoms with Gasteiger partial charge in [-0.2, -0.15) is 0 Å². The number of carboxylic acids is 1. The molecule has 1 heterocycles. The minimum atomic E-state index is -1.19. The van der Waals surface area contributed by atoms with E-state index in [9.17, 15) is 9.59 Å². The van der Waals surface area contributed by atoms with E-state index < -0.39 is 11.9 Å². The number of carboxylic acid groups (broad SMARTS) is 1. The van der Waals surface area contributed by atoms with Crippen molar-refractivity contribution in [2.24, 2.45) is 0 Å². The molecule has 8 heteroatoms. The second-order valence-electron chi connectivity index (χ2n) is 3.44. The first-order valence-electron chi connectivity index (χ1n) is 5.50. The number of aromatic carboxylic acids is 1. The SMILES string of the molecule is CCCOCCOC(=O)Cn1cc(C(=O)O)nn1. The van der Waals surface area contributed by atoms with Crippen molar-refractivity contribution in [2.75, 3.05) is 19.8 Å². The Hall–Kier alpha value is -1.96. The van der Waals surface area contributed by atoms with Gasteiger partial charge in [0.2, 0.25) is 0 Å². The Bertz CT molecular complexity index is 404. The highest BCUT2D eigenvalue weighted by Gasteiger charge is 2.11. The van der Waals surface area contributed by atoms with Crippen LogP contribution in [0.15, 0.2) is 6.20 Å². The summed E-state index contributed by atoms with van der Waals surface area (Å²) in [6, 6.07) is 0. The molecule has 1 rings (SSSR count). The van der Waals surface area contributed by atoms with Crippen molar-refractivity contribution >= 4 is 11.9 Å². The third-order valence-electron chi connectivity index (χ3n) is 1.89. The van der Waals surface area contributed by atoms with Gasteiger partial charge < -0.3 is 14.6 Å². The molecule has 0 unspecified atom stereocenters. The molecule has 0 bridgehead atoms. The van der Waals surface area contributed by atoms with Gasteiger partial charge in [0.25, 0.3) is 0 Å². The molecule has 0 spiro atoms. The van der Waals surface area contributed by atoms with Crippen molar-refractivity contribution in [3.8, 4) is 0 Å². The summed E-state index contributed by atoms with van der Waals surface area (Å²) < 4.78 is 11.1. The molecule has 1 N–H and O–H groups in total. The lowest BCUT2D eigenvalue weighted by Crippen LogP contribution is -2.17. The van der Waals surface area contributed by atoms with Crippen LogP contribution in [0.4, 0.5) is 0 Å². The zero-order valence-electron chi connectivity index (χ0n) is 10.0. The molecule has 0 atom stereocenters. The summed E-state index contributed by atoms with van der Waals surface area (Å²) in [5.41, 5.74) is -0.214. The molecule has 0 saturated heterocycles. The number of ether oxygens (including phenoxy) is 2. The second-order valence-corrected chi connectivity index (χ2v) is 3.44. The number of aromatic nitrogens is 3. The van der Waals surface area contributed by atoms with Crippen LogP contribution in [0.2, 0.25) is 0 Å². The fraction of sp³-hybridized carbons (Fsp3) is 0.600. The van der Waals surface area contributed by atoms with Gasteiger partial charge in [0.15, 0.2) is 5.69 Å². The number of rotatable bonds is 8. The monoisotopic (exact) mass is 257 g/mol. The fourth-order valence-electron chi connectivity index (χ4n) is 1.11. The van der Waals surface area contributed by atoms with Gasteiger partial charge in [0.1, 0.15) is 13.2 Å². The predicted molar refractivity (Wildman–Crippen MR) is 59.1 cm³/mol. The van der Waals surface area contributed by atoms with Crippen molar-refractivity contribution < 1.29 is 24.2 Å². The number of carbonyl (C=O) groups is 2. The van der Waals surface area contributed by atoms with E-state index in [4.69, 9.17) is 14.6 Å². The molecule has 0 aromatic carbocycles. The normalized spacial score (nSPS) is 10.3. The third-order valence-corrected chi connectivity index (χ3v) is 1.89. The van der Waals surface area contributed by atoms with Gasteiger partial charge in [-0.05, 0) is 6.42 Å². The van der Waals surface area contributed by atoms with Crippen LogP contribution in [0.25, 0.3) is 0 Å². The maximum absolute atomic E-state index is 11.3. The average Bonchev–Trinajstić information content (AvgIpc) is 2.77. The Balaban J connectivity index is 2.24. The van der Waals surface area contributed by atoms with Crippen molar-refractivity contribution in [3.63, 3.8) is 0 Å². The minimum Gasteiger partial charge on any atom is -0.476 e. The number of hydrogen-bond acceptors (Lipinski definition) is 6. The van der Waals surface area contributed by atoms with Crippen LogP contribution >= 0.6 is 0 Å². The van der Waals surface area contributed by atoms with Gasteiger partial charge in [0, 0.05) is 6.61 Å². The lowest BCUT2D eigenvalue weighted by atomic mass is 10.5. The molecule has 18 heavy (non-hydrogen) atoms. The Morgan fingerprint density at radius 1 is 1.39 bits per heavy atom. The summed E-state index contributed by atoms with van der Waals surface area (Å²) in [4.78, 5) is 21.8. The predicted octanol–water partition coefficient (Wildman–Crippen LogP) is -0.0539. The fourth-order valence-corrected chi connectivity index (χ4v) is 1.11. The number of hydrogen-bond donors (Lipinski definition) is 1. The van der Waals surface area contributed by atoms with Crippen molar-refractivity contribution in [3.05, 3.63) is 11.9 Å². The molecule has 0 aliphatic rings. The van der Waals surface area contributed by atoms with Crippen LogP contribution < -0.4 is 0 Å². The summed E-state index contributed by atoms with van der Waals surface area (Å²) in [6.07, 6.45) is 2.07. The van der Waals surface area contributed by atoms with Crippen LogP contribution in [0, 0.1) is 0 Å². The Morgan fingerprint density at radius 3 is 2.78 bits per heavy atom. The van der Waals surface area contributed by atoms with Crippen molar-refractivity contribution in [1.29, 1.82) is 0 Å². The first-order valence-corrected chi connectivity index (χ1v) is 5.50. The molecule has 0 aliphatic carbocycles. The lowest BCUT2D eigenvalue weighted by molar-refractivity contribution is -0.146. The zero-order chi connectivity index (χ0) is 13.4. The molecule has 1 aromatic heterocycles. The van der Waals surface area contributed by atoms with E-state index in [2.05, 4.69) is 10.3 Å². The van der Waals surface area contributed by atoms with Crippen molar-refractivity contribution in [2.45, 2.75) is 19.9 Å². The highest BCUT2D eigenvalue weighted by Crippen LogP contribution is 1.94. The first-order chi connectivity index (χ1) is 8.63. The van der Waals surface area contributed by atoms with Gasteiger partial charge >= 0.3 is 11.9 Å². The topological polar surface area (TPSA) is 104 Å². The zero-order valence-corrected chi connectivity index (χ0v) is 10.0. The molecule has 0 radical (unpaired) electrons. The third kappa shape index (κ3) is 4.91. The molecule has 1 aromatic rings. The molecular formula is C10H15N3O5. The van der Waals surface area contributed by atoms with Gasteiger partial charge in [-0.25, -0.2) is 9.48 Å². The number of carbonyl (C=O) groups excluding carboxylic acids is 1. The van der Waals surface area contributed by atoms with Gasteiger partial charge in [-0.15, -0.1) is 5.10 Å². The van der Waals surface area contributed by atoms with Crippen LogP contribution in [0.5, 0.6) is 0 Å². The van der Waals surface area contributed by atoms with E-state index in [0.717, 1.165) is 17.3 Å². The molecule has 0 aliphatic heterocycles. The van der Waals surface area contributed by atoms with Crippen LogP contribution in [0.3, 0.4) is 0 Å². The Morgan fingerprint density at radius 2 is 2.17 bits per heavy atom. The van der Waals surface area contributed by atoms with Gasteiger partial charge in [-0.3, -0.25) is 4.79 Å². The van der Waals surface area contributed by atoms with Gasteiger partial charge in [0.05, 0.1) is 12.8 Å². The molecule has 0 fully saturated rings. The summed E-state index contributed by atoms with van der Waals surface area (Å²) in [5.74, 6) is -1.71. The van der Waals surface area contributed by atoms with Crippen LogP contribution in [0.1, 0.15) is 23.8 Å². The average molecular weight is 257 g/mol. The van der Waals surface area contributed by atoms with Crippen molar-refractivity contribution in [1.82, 2.24) is 15.0 Å². The maximum Gasteiger partial charge on any atom is 0.358 e. The van der Waals surface area contributed by atoms with Gasteiger partial charge in [-0.1, -0.05) is 12.1 Å². The van der Waals surface area contributed by atoms with E-state index in [1.807, 2.05) is 6.92 Å². The summed E-state index contributed by atoms with van der Waals surface area (Å²) >= 11 is 0. The molecular weight excluding hydrogens is 242 g/mol. The van der Waals surface area contributed by atoms with E-state index in [-0.39, 0.29) is 18.8 Å². The smallest absolute Gasteiger partial charge is 0.358 e. The highest BCUT2D eigenvalue weighted by molar-refractivity contribution is 5.84. The Kier molecular flexibility index (Phi) is 5.78. The molecule has 0 saturated carbocycles. The quantitative estimate of drug-likeness (QED) is 0.514. The standard InChI is InChI=1S/C10H15N3O5/c1-2-3-17-4-5-18-9(14)7-13-6-8(10(15)16)11-12-13/h6H,2-5,7H2,1H3,(H,15,16). The lowest BCUT2D eigenvalue weighted by Gasteiger charge is -2.04. The molecule has 0 amide bonds. The largest absolute Gasteiger partial charge is 0.476 e. The molecule has 100 valence electrons. The van der Waals surface area contributed by atoms with E-state index >= 15 is 0 Å². The maximum atomic E-state index is 11.3. The van der Waals surface area contributed by atoms with E-state index in [1.54, 1.807) is 0 Å². The van der Waals surface area contributed by atoms with E-state index in [1.165, 1.54) is 0 Å². The highest BCUT2D eigenvalue weighted by atomic mass is 16.6. The van der Waals surface area contributed by atoms with E-state index in [0.29, 0.717) is 13.2 Å². The summed E-state index contributed by atoms with van der Waals surface area (Å²) in [5, 5.41) is 15.5. The van der Waals surface area contributed by atoms with Crippen LogP contribution in [-0.2, 0) is 20.8 Å². The summed E-state index contributed by atoms with van der Waals surface area (Å²) in [6.45, 7) is 2.95. The first kappa shape index (κ1) is 14.1. The number of esters is 1. The summed E-state index contributed by atoms with van der Waals surface area (Å²) in [7, 11) is 0. The minimum absolute atomic E-state index is 0.166. The number of nitrogens with zero attached hydrogens (tertiary/aromatic N) is 3. The van der Waals surface area contributed by atoms with Crippen LogP contribution in [-0.4, -0.2) is 51.9 Å². The Labute approximate surface area is 103 Å².